The van der Waals surface area contributed by atoms with Crippen LogP contribution in [0.3, 0.4) is 0 Å². The monoisotopic (exact) mass is 324 g/mol. The van der Waals surface area contributed by atoms with Gasteiger partial charge in [-0.1, -0.05) is 41.9 Å². The molecule has 0 unspecified atom stereocenters. The zero-order valence-electron chi connectivity index (χ0n) is 12.2. The molecule has 5 heteroatoms. The Balaban J connectivity index is 1.89. The van der Waals surface area contributed by atoms with Crippen LogP contribution >= 0.6 is 11.6 Å². The second-order valence-electron chi connectivity index (χ2n) is 5.42. The fraction of sp³-hybridized carbons (Fsp3) is 0.111. The van der Waals surface area contributed by atoms with Gasteiger partial charge < -0.3 is 10.1 Å². The first-order valence-corrected chi connectivity index (χ1v) is 7.66. The SMILES string of the molecule is O=C1NCOc2c1cc(Cc1ccc(Cl)nc1)c1ccccc21. The zero-order chi connectivity index (χ0) is 15.8. The molecule has 1 aliphatic rings. The van der Waals surface area contributed by atoms with Crippen molar-refractivity contribution in [2.75, 3.05) is 6.73 Å². The number of ether oxygens (including phenoxy) is 1. The van der Waals surface area contributed by atoms with E-state index in [1.54, 1.807) is 12.3 Å². The minimum Gasteiger partial charge on any atom is -0.472 e. The highest BCUT2D eigenvalue weighted by molar-refractivity contribution is 6.29. The number of pyridine rings is 1. The van der Waals surface area contributed by atoms with E-state index in [1.807, 2.05) is 36.4 Å². The van der Waals surface area contributed by atoms with Gasteiger partial charge >= 0.3 is 0 Å². The van der Waals surface area contributed by atoms with Gasteiger partial charge in [-0.2, -0.15) is 0 Å². The van der Waals surface area contributed by atoms with E-state index < -0.39 is 0 Å². The summed E-state index contributed by atoms with van der Waals surface area (Å²) in [4.78, 5) is 16.3. The fourth-order valence-electron chi connectivity index (χ4n) is 2.89. The van der Waals surface area contributed by atoms with Crippen LogP contribution in [-0.4, -0.2) is 17.6 Å². The summed E-state index contributed by atoms with van der Waals surface area (Å²) in [7, 11) is 0. The lowest BCUT2D eigenvalue weighted by Gasteiger charge is -2.21. The van der Waals surface area contributed by atoms with Crippen LogP contribution in [0, 0.1) is 0 Å². The molecule has 0 saturated carbocycles. The number of aromatic nitrogens is 1. The molecule has 3 aromatic rings. The standard InChI is InChI=1S/C18H13ClN2O2/c19-16-6-5-11(9-20-16)7-12-8-15-17(23-10-21-18(15)22)14-4-2-1-3-13(12)14/h1-6,8-9H,7,10H2,(H,21,22). The number of nitrogens with zero attached hydrogens (tertiary/aromatic N) is 1. The van der Waals surface area contributed by atoms with Gasteiger partial charge in [-0.25, -0.2) is 4.98 Å². The van der Waals surface area contributed by atoms with Gasteiger partial charge in [0.05, 0.1) is 5.56 Å². The summed E-state index contributed by atoms with van der Waals surface area (Å²) in [6, 6.07) is 13.6. The number of carbonyl (C=O) groups is 1. The lowest BCUT2D eigenvalue weighted by molar-refractivity contribution is 0.0885. The second-order valence-corrected chi connectivity index (χ2v) is 5.81. The minimum atomic E-state index is -0.104. The van der Waals surface area contributed by atoms with E-state index in [0.29, 0.717) is 22.9 Å². The highest BCUT2D eigenvalue weighted by atomic mass is 35.5. The van der Waals surface area contributed by atoms with Gasteiger partial charge in [0.25, 0.3) is 5.91 Å². The predicted octanol–water partition coefficient (Wildman–Crippen LogP) is 3.56. The van der Waals surface area contributed by atoms with Gasteiger partial charge in [0, 0.05) is 11.6 Å². The van der Waals surface area contributed by atoms with Crippen molar-refractivity contribution in [2.45, 2.75) is 6.42 Å². The lowest BCUT2D eigenvalue weighted by atomic mass is 9.95. The van der Waals surface area contributed by atoms with Crippen LogP contribution in [0.2, 0.25) is 5.15 Å². The summed E-state index contributed by atoms with van der Waals surface area (Å²) in [5.74, 6) is 0.551. The first kappa shape index (κ1) is 14.0. The van der Waals surface area contributed by atoms with Crippen LogP contribution in [0.4, 0.5) is 0 Å². The number of nitrogens with one attached hydrogen (secondary N) is 1. The number of amides is 1. The van der Waals surface area contributed by atoms with Crippen LogP contribution < -0.4 is 10.1 Å². The summed E-state index contributed by atoms with van der Waals surface area (Å²) >= 11 is 5.84. The molecular weight excluding hydrogens is 312 g/mol. The summed E-state index contributed by atoms with van der Waals surface area (Å²) in [5, 5.41) is 5.21. The van der Waals surface area contributed by atoms with Gasteiger partial charge in [0.1, 0.15) is 10.9 Å². The average Bonchev–Trinajstić information content (AvgIpc) is 2.58. The molecule has 0 fully saturated rings. The second kappa shape index (κ2) is 5.56. The summed E-state index contributed by atoms with van der Waals surface area (Å²) in [6.07, 6.45) is 2.43. The number of carbonyl (C=O) groups excluding carboxylic acids is 1. The van der Waals surface area contributed by atoms with Crippen molar-refractivity contribution < 1.29 is 9.53 Å². The van der Waals surface area contributed by atoms with Crippen molar-refractivity contribution in [1.29, 1.82) is 0 Å². The normalized spacial score (nSPS) is 13.3. The number of hydrogen-bond donors (Lipinski definition) is 1. The highest BCUT2D eigenvalue weighted by Gasteiger charge is 2.22. The number of benzene rings is 2. The molecule has 0 bridgehead atoms. The Morgan fingerprint density at radius 3 is 2.78 bits per heavy atom. The third-order valence-corrected chi connectivity index (χ3v) is 4.18. The number of fused-ring (bicyclic) bond motifs is 3. The van der Waals surface area contributed by atoms with Gasteiger partial charge in [-0.15, -0.1) is 0 Å². The molecule has 2 aromatic carbocycles. The Kier molecular flexibility index (Phi) is 3.39. The molecule has 0 saturated heterocycles. The quantitative estimate of drug-likeness (QED) is 0.733. The lowest BCUT2D eigenvalue weighted by Crippen LogP contribution is -2.33. The molecule has 1 amide bonds. The maximum Gasteiger partial charge on any atom is 0.257 e. The first-order chi connectivity index (χ1) is 11.2. The summed E-state index contributed by atoms with van der Waals surface area (Å²) in [6.45, 7) is 0.205. The van der Waals surface area contributed by atoms with E-state index in [0.717, 1.165) is 21.9 Å². The molecular formula is C18H13ClN2O2. The molecule has 1 N–H and O–H groups in total. The van der Waals surface area contributed by atoms with E-state index in [4.69, 9.17) is 16.3 Å². The minimum absolute atomic E-state index is 0.104. The molecule has 0 aliphatic carbocycles. The van der Waals surface area contributed by atoms with E-state index in [1.165, 1.54) is 0 Å². The fourth-order valence-corrected chi connectivity index (χ4v) is 3.01. The van der Waals surface area contributed by atoms with Crippen LogP contribution in [0.25, 0.3) is 10.8 Å². The Hall–Kier alpha value is -2.59. The highest BCUT2D eigenvalue weighted by Crippen LogP contribution is 2.35. The molecule has 1 aliphatic heterocycles. The van der Waals surface area contributed by atoms with Crippen LogP contribution in [0.5, 0.6) is 5.75 Å². The molecule has 23 heavy (non-hydrogen) atoms. The van der Waals surface area contributed by atoms with Gasteiger partial charge in [0.15, 0.2) is 6.73 Å². The maximum absolute atomic E-state index is 12.2. The van der Waals surface area contributed by atoms with Crippen molar-refractivity contribution in [3.63, 3.8) is 0 Å². The van der Waals surface area contributed by atoms with Crippen LogP contribution in [-0.2, 0) is 6.42 Å². The Bertz CT molecular complexity index is 907. The van der Waals surface area contributed by atoms with E-state index >= 15 is 0 Å². The Labute approximate surface area is 138 Å². The molecule has 4 nitrogen and oxygen atoms in total. The first-order valence-electron chi connectivity index (χ1n) is 7.28. The van der Waals surface area contributed by atoms with Crippen molar-refractivity contribution in [3.8, 4) is 5.75 Å². The molecule has 1 aromatic heterocycles. The molecule has 2 heterocycles. The summed E-state index contributed by atoms with van der Waals surface area (Å²) < 4.78 is 5.67. The molecule has 0 spiro atoms. The van der Waals surface area contributed by atoms with Gasteiger partial charge in [-0.3, -0.25) is 4.79 Å². The Morgan fingerprint density at radius 2 is 2.00 bits per heavy atom. The number of halogens is 1. The van der Waals surface area contributed by atoms with Gasteiger partial charge in [-0.05, 0) is 35.1 Å². The molecule has 4 rings (SSSR count). The van der Waals surface area contributed by atoms with Crippen molar-refractivity contribution >= 4 is 28.3 Å². The summed E-state index contributed by atoms with van der Waals surface area (Å²) in [5.41, 5.74) is 2.67. The number of rotatable bonds is 2. The average molecular weight is 325 g/mol. The van der Waals surface area contributed by atoms with Gasteiger partial charge in [0.2, 0.25) is 0 Å². The number of hydrogen-bond acceptors (Lipinski definition) is 3. The van der Waals surface area contributed by atoms with Crippen LogP contribution in [0.1, 0.15) is 21.5 Å². The predicted molar refractivity (Wildman–Crippen MR) is 89.0 cm³/mol. The van der Waals surface area contributed by atoms with Crippen molar-refractivity contribution in [1.82, 2.24) is 10.3 Å². The van der Waals surface area contributed by atoms with E-state index in [-0.39, 0.29) is 12.6 Å². The van der Waals surface area contributed by atoms with E-state index in [2.05, 4.69) is 10.3 Å². The smallest absolute Gasteiger partial charge is 0.257 e. The van der Waals surface area contributed by atoms with Crippen molar-refractivity contribution in [2.24, 2.45) is 0 Å². The maximum atomic E-state index is 12.2. The molecule has 0 radical (unpaired) electrons. The third-order valence-electron chi connectivity index (χ3n) is 3.96. The Morgan fingerprint density at radius 1 is 1.17 bits per heavy atom. The largest absolute Gasteiger partial charge is 0.472 e. The van der Waals surface area contributed by atoms with Crippen LogP contribution in [0.15, 0.2) is 48.7 Å². The van der Waals surface area contributed by atoms with E-state index in [9.17, 15) is 4.79 Å². The zero-order valence-corrected chi connectivity index (χ0v) is 12.9. The molecule has 114 valence electrons. The van der Waals surface area contributed by atoms with Crippen molar-refractivity contribution in [3.05, 3.63) is 70.5 Å². The molecule has 0 atom stereocenters. The topological polar surface area (TPSA) is 51.2 Å². The third kappa shape index (κ3) is 2.51.